The Hall–Kier alpha value is -0.900. The molecule has 3 unspecified atom stereocenters. The number of ether oxygens (including phenoxy) is 1. The highest BCUT2D eigenvalue weighted by Gasteiger charge is 2.29. The van der Waals surface area contributed by atoms with E-state index in [1.807, 2.05) is 0 Å². The van der Waals surface area contributed by atoms with Crippen LogP contribution in [-0.4, -0.2) is 31.0 Å². The molecule has 2 N–H and O–H groups in total. The topological polar surface area (TPSA) is 41.5 Å². The Kier molecular flexibility index (Phi) is 4.63. The van der Waals surface area contributed by atoms with Crippen LogP contribution in [0.3, 0.4) is 0 Å². The molecule has 0 saturated heterocycles. The molecule has 0 amide bonds. The zero-order valence-electron chi connectivity index (χ0n) is 13.1. The average Bonchev–Trinajstić information content (AvgIpc) is 3.21. The van der Waals surface area contributed by atoms with Gasteiger partial charge in [-0.25, -0.2) is 0 Å². The highest BCUT2D eigenvalue weighted by Crippen LogP contribution is 2.36. The normalized spacial score (nSPS) is 25.9. The first kappa shape index (κ1) is 15.0. The number of rotatable bonds is 7. The van der Waals surface area contributed by atoms with Crippen LogP contribution in [0.15, 0.2) is 18.2 Å². The second-order valence-corrected chi connectivity index (χ2v) is 6.90. The van der Waals surface area contributed by atoms with Crippen LogP contribution in [0, 0.1) is 18.8 Å². The summed E-state index contributed by atoms with van der Waals surface area (Å²) in [4.78, 5) is 0. The quantitative estimate of drug-likeness (QED) is 0.811. The summed E-state index contributed by atoms with van der Waals surface area (Å²) in [5.41, 5.74) is 4.17. The first-order valence-electron chi connectivity index (χ1n) is 8.22. The predicted molar refractivity (Wildman–Crippen MR) is 84.3 cm³/mol. The number of nitrogens with one attached hydrogen (secondary N) is 1. The lowest BCUT2D eigenvalue weighted by atomic mass is 10.0. The summed E-state index contributed by atoms with van der Waals surface area (Å²) < 4.78 is 5.56. The highest BCUT2D eigenvalue weighted by atomic mass is 16.5. The predicted octanol–water partition coefficient (Wildman–Crippen LogP) is 2.61. The summed E-state index contributed by atoms with van der Waals surface area (Å²) >= 11 is 0. The number of hydrogen-bond donors (Lipinski definition) is 2. The van der Waals surface area contributed by atoms with Gasteiger partial charge in [-0.2, -0.15) is 0 Å². The van der Waals surface area contributed by atoms with Crippen LogP contribution in [-0.2, 0) is 11.2 Å². The van der Waals surface area contributed by atoms with Gasteiger partial charge in [-0.05, 0) is 49.1 Å². The molecule has 0 aromatic heterocycles. The Balaban J connectivity index is 1.49. The lowest BCUT2D eigenvalue weighted by molar-refractivity contribution is 0.0306. The second-order valence-electron chi connectivity index (χ2n) is 6.90. The molecule has 3 atom stereocenters. The van der Waals surface area contributed by atoms with Crippen molar-refractivity contribution in [2.45, 2.75) is 45.3 Å². The van der Waals surface area contributed by atoms with E-state index in [1.165, 1.54) is 29.5 Å². The van der Waals surface area contributed by atoms with E-state index in [4.69, 9.17) is 4.74 Å². The van der Waals surface area contributed by atoms with Crippen LogP contribution in [0.2, 0.25) is 0 Å². The van der Waals surface area contributed by atoms with Crippen LogP contribution >= 0.6 is 0 Å². The number of aliphatic hydroxyl groups excluding tert-OH is 1. The lowest BCUT2D eigenvalue weighted by Crippen LogP contribution is -2.34. The highest BCUT2D eigenvalue weighted by molar-refractivity contribution is 5.38. The second kappa shape index (κ2) is 6.47. The molecule has 2 aliphatic rings. The molecule has 2 aliphatic carbocycles. The summed E-state index contributed by atoms with van der Waals surface area (Å²) in [6.07, 6.45) is 3.31. The van der Waals surface area contributed by atoms with E-state index in [2.05, 4.69) is 37.4 Å². The van der Waals surface area contributed by atoms with Gasteiger partial charge >= 0.3 is 0 Å². The van der Waals surface area contributed by atoms with Gasteiger partial charge in [0.2, 0.25) is 0 Å². The van der Waals surface area contributed by atoms with Crippen molar-refractivity contribution in [3.63, 3.8) is 0 Å². The molecule has 0 spiro atoms. The van der Waals surface area contributed by atoms with Gasteiger partial charge in [0.1, 0.15) is 0 Å². The van der Waals surface area contributed by atoms with Gasteiger partial charge in [0.15, 0.2) is 0 Å². The van der Waals surface area contributed by atoms with E-state index in [1.54, 1.807) is 0 Å². The van der Waals surface area contributed by atoms with E-state index < -0.39 is 6.10 Å². The Bertz CT molecular complexity index is 484. The van der Waals surface area contributed by atoms with Crippen molar-refractivity contribution in [2.75, 3.05) is 19.8 Å². The van der Waals surface area contributed by atoms with Crippen molar-refractivity contribution < 1.29 is 9.84 Å². The third-order valence-corrected chi connectivity index (χ3v) is 4.68. The van der Waals surface area contributed by atoms with E-state index in [9.17, 15) is 5.11 Å². The zero-order valence-corrected chi connectivity index (χ0v) is 13.1. The smallest absolute Gasteiger partial charge is 0.0897 e. The molecule has 3 nitrogen and oxygen atoms in total. The monoisotopic (exact) mass is 289 g/mol. The van der Waals surface area contributed by atoms with Crippen molar-refractivity contribution in [3.8, 4) is 0 Å². The fourth-order valence-corrected chi connectivity index (χ4v) is 3.25. The van der Waals surface area contributed by atoms with Crippen LogP contribution in [0.25, 0.3) is 0 Å². The molecular formula is C18H27NO2. The van der Waals surface area contributed by atoms with Crippen LogP contribution in [0.1, 0.15) is 42.5 Å². The van der Waals surface area contributed by atoms with Gasteiger partial charge in [0.25, 0.3) is 0 Å². The number of hydrogen-bond acceptors (Lipinski definition) is 3. The van der Waals surface area contributed by atoms with Crippen molar-refractivity contribution in [2.24, 2.45) is 11.8 Å². The molecule has 1 fully saturated rings. The molecule has 0 heterocycles. The third kappa shape index (κ3) is 3.85. The van der Waals surface area contributed by atoms with Gasteiger partial charge in [-0.15, -0.1) is 0 Å². The summed E-state index contributed by atoms with van der Waals surface area (Å²) in [5, 5.41) is 13.6. The van der Waals surface area contributed by atoms with Gasteiger partial charge < -0.3 is 15.2 Å². The Morgan fingerprint density at radius 1 is 1.38 bits per heavy atom. The Morgan fingerprint density at radius 3 is 2.95 bits per heavy atom. The molecule has 3 heteroatoms. The Labute approximate surface area is 127 Å². The zero-order chi connectivity index (χ0) is 14.8. The van der Waals surface area contributed by atoms with E-state index in [0.29, 0.717) is 25.1 Å². The molecule has 1 aromatic carbocycles. The number of aryl methyl sites for hydroxylation is 1. The minimum absolute atomic E-state index is 0.359. The van der Waals surface area contributed by atoms with Gasteiger partial charge in [0, 0.05) is 19.2 Å². The third-order valence-electron chi connectivity index (χ3n) is 4.68. The molecule has 3 rings (SSSR count). The standard InChI is InChI=1S/C18H27NO2/c1-12-3-6-15-8-13(2)18(17(15)7-12)19-9-16(20)11-21-10-14-4-5-14/h3,6-7,13-14,16,18-20H,4-5,8-11H2,1-2H3. The maximum Gasteiger partial charge on any atom is 0.0897 e. The fourth-order valence-electron chi connectivity index (χ4n) is 3.25. The lowest BCUT2D eigenvalue weighted by Gasteiger charge is -2.21. The maximum atomic E-state index is 10.0. The molecule has 0 radical (unpaired) electrons. The summed E-state index contributed by atoms with van der Waals surface area (Å²) in [7, 11) is 0. The van der Waals surface area contributed by atoms with E-state index in [-0.39, 0.29) is 0 Å². The average molecular weight is 289 g/mol. The van der Waals surface area contributed by atoms with Crippen LogP contribution in [0.5, 0.6) is 0 Å². The van der Waals surface area contributed by atoms with Crippen LogP contribution in [0.4, 0.5) is 0 Å². The molecule has 21 heavy (non-hydrogen) atoms. The largest absolute Gasteiger partial charge is 0.389 e. The first-order valence-corrected chi connectivity index (χ1v) is 8.22. The Morgan fingerprint density at radius 2 is 2.19 bits per heavy atom. The molecule has 0 bridgehead atoms. The fraction of sp³-hybridized carbons (Fsp3) is 0.667. The van der Waals surface area contributed by atoms with Gasteiger partial charge in [-0.3, -0.25) is 0 Å². The van der Waals surface area contributed by atoms with Crippen molar-refractivity contribution >= 4 is 0 Å². The van der Waals surface area contributed by atoms with E-state index >= 15 is 0 Å². The number of benzene rings is 1. The molecule has 1 saturated carbocycles. The summed E-state index contributed by atoms with van der Waals surface area (Å²) in [5.74, 6) is 1.34. The molecule has 1 aromatic rings. The minimum atomic E-state index is -0.412. The minimum Gasteiger partial charge on any atom is -0.389 e. The van der Waals surface area contributed by atoms with Crippen LogP contribution < -0.4 is 5.32 Å². The van der Waals surface area contributed by atoms with Crippen molar-refractivity contribution in [3.05, 3.63) is 34.9 Å². The van der Waals surface area contributed by atoms with E-state index in [0.717, 1.165) is 18.9 Å². The summed E-state index contributed by atoms with van der Waals surface area (Å²) in [6.45, 7) is 6.29. The molecular weight excluding hydrogens is 262 g/mol. The number of fused-ring (bicyclic) bond motifs is 1. The van der Waals surface area contributed by atoms with Crippen molar-refractivity contribution in [1.29, 1.82) is 0 Å². The van der Waals surface area contributed by atoms with Gasteiger partial charge in [0.05, 0.1) is 12.7 Å². The first-order chi connectivity index (χ1) is 10.1. The molecule has 0 aliphatic heterocycles. The number of aliphatic hydroxyl groups is 1. The molecule has 116 valence electrons. The van der Waals surface area contributed by atoms with Crippen molar-refractivity contribution in [1.82, 2.24) is 5.32 Å². The summed E-state index contributed by atoms with van der Waals surface area (Å²) in [6, 6.07) is 7.08. The maximum absolute atomic E-state index is 10.0. The SMILES string of the molecule is Cc1ccc2c(c1)C(NCC(O)COCC1CC1)C(C)C2. The van der Waals surface area contributed by atoms with Gasteiger partial charge in [-0.1, -0.05) is 30.7 Å².